The van der Waals surface area contributed by atoms with Gasteiger partial charge in [0.05, 0.1) is 24.2 Å². The van der Waals surface area contributed by atoms with E-state index in [1.165, 1.54) is 0 Å². The first kappa shape index (κ1) is 11.4. The number of fused-ring (bicyclic) bond motifs is 1. The number of ether oxygens (including phenoxy) is 1. The van der Waals surface area contributed by atoms with E-state index >= 15 is 0 Å². The Morgan fingerprint density at radius 2 is 2.30 bits per heavy atom. The number of rotatable bonds is 2. The quantitative estimate of drug-likeness (QED) is 0.732. The van der Waals surface area contributed by atoms with E-state index in [1.54, 1.807) is 12.5 Å². The van der Waals surface area contributed by atoms with Crippen molar-refractivity contribution in [2.24, 2.45) is 0 Å². The maximum atomic E-state index is 5.80. The van der Waals surface area contributed by atoms with Gasteiger partial charge in [-0.1, -0.05) is 0 Å². The number of hydrogen-bond donors (Lipinski definition) is 2. The molecule has 2 N–H and O–H groups in total. The lowest BCUT2D eigenvalue weighted by Gasteiger charge is -2.33. The van der Waals surface area contributed by atoms with Crippen molar-refractivity contribution in [2.45, 2.75) is 6.10 Å². The van der Waals surface area contributed by atoms with Gasteiger partial charge in [0.1, 0.15) is 23.9 Å². The average molecular weight is 270 g/mol. The van der Waals surface area contributed by atoms with Crippen LogP contribution in [0.15, 0.2) is 30.9 Å². The van der Waals surface area contributed by atoms with Crippen LogP contribution in [-0.2, 0) is 4.74 Å². The highest BCUT2D eigenvalue weighted by Gasteiger charge is 2.25. The molecule has 1 unspecified atom stereocenters. The number of nitrogens with one attached hydrogen (secondary N) is 2. The molecule has 1 atom stereocenters. The molecular formula is C13H14N6O. The number of anilines is 1. The molecule has 0 saturated carbocycles. The summed E-state index contributed by atoms with van der Waals surface area (Å²) in [7, 11) is 0. The fourth-order valence-electron chi connectivity index (χ4n) is 2.59. The maximum absolute atomic E-state index is 5.80. The van der Waals surface area contributed by atoms with E-state index < -0.39 is 0 Å². The third-order valence-electron chi connectivity index (χ3n) is 3.57. The van der Waals surface area contributed by atoms with Crippen LogP contribution in [0.4, 0.5) is 5.82 Å². The van der Waals surface area contributed by atoms with Gasteiger partial charge in [-0.05, 0) is 12.1 Å². The zero-order valence-corrected chi connectivity index (χ0v) is 10.8. The van der Waals surface area contributed by atoms with Gasteiger partial charge >= 0.3 is 0 Å². The first-order valence-corrected chi connectivity index (χ1v) is 6.56. The van der Waals surface area contributed by atoms with Crippen LogP contribution in [0.3, 0.4) is 0 Å². The van der Waals surface area contributed by atoms with E-state index in [0.717, 1.165) is 35.6 Å². The predicted octanol–water partition coefficient (Wildman–Crippen LogP) is 1.26. The van der Waals surface area contributed by atoms with Crippen LogP contribution >= 0.6 is 0 Å². The number of nitrogens with zero attached hydrogens (tertiary/aromatic N) is 4. The standard InChI is InChI=1S/C13H14N6O/c1-3-14-12-9(1)13(16-8-15-12)19-5-6-20-11(7-19)10-2-4-17-18-10/h1-4,8,11H,5-7H2,(H,17,18)(H,14,15,16). The van der Waals surface area contributed by atoms with Crippen molar-refractivity contribution >= 4 is 16.9 Å². The second kappa shape index (κ2) is 4.61. The molecule has 1 aliphatic heterocycles. The second-order valence-electron chi connectivity index (χ2n) is 4.75. The Labute approximate surface area is 115 Å². The number of aromatic amines is 2. The lowest BCUT2D eigenvalue weighted by molar-refractivity contribution is 0.0368. The monoisotopic (exact) mass is 270 g/mol. The van der Waals surface area contributed by atoms with Crippen LogP contribution < -0.4 is 4.90 Å². The third-order valence-corrected chi connectivity index (χ3v) is 3.57. The fourth-order valence-corrected chi connectivity index (χ4v) is 2.59. The Bertz CT molecular complexity index is 707. The third kappa shape index (κ3) is 1.83. The van der Waals surface area contributed by atoms with Crippen molar-refractivity contribution in [3.63, 3.8) is 0 Å². The Balaban J connectivity index is 1.66. The highest BCUT2D eigenvalue weighted by molar-refractivity contribution is 5.87. The fraction of sp³-hybridized carbons (Fsp3) is 0.308. The molecule has 0 aromatic carbocycles. The summed E-state index contributed by atoms with van der Waals surface area (Å²) in [5.74, 6) is 0.948. The Morgan fingerprint density at radius 1 is 1.30 bits per heavy atom. The predicted molar refractivity (Wildman–Crippen MR) is 73.4 cm³/mol. The molecule has 0 radical (unpaired) electrons. The number of morpholine rings is 1. The zero-order valence-electron chi connectivity index (χ0n) is 10.8. The summed E-state index contributed by atoms with van der Waals surface area (Å²) in [4.78, 5) is 14.0. The van der Waals surface area contributed by atoms with Crippen LogP contribution in [0.5, 0.6) is 0 Å². The minimum atomic E-state index is -0.00444. The number of hydrogen-bond acceptors (Lipinski definition) is 5. The highest BCUT2D eigenvalue weighted by atomic mass is 16.5. The van der Waals surface area contributed by atoms with Crippen LogP contribution in [0.25, 0.3) is 11.0 Å². The largest absolute Gasteiger partial charge is 0.368 e. The lowest BCUT2D eigenvalue weighted by Crippen LogP contribution is -2.39. The van der Waals surface area contributed by atoms with E-state index in [4.69, 9.17) is 4.74 Å². The van der Waals surface area contributed by atoms with Gasteiger partial charge in [0, 0.05) is 18.9 Å². The van der Waals surface area contributed by atoms with Gasteiger partial charge in [0.2, 0.25) is 0 Å². The lowest BCUT2D eigenvalue weighted by atomic mass is 10.2. The minimum Gasteiger partial charge on any atom is -0.368 e. The van der Waals surface area contributed by atoms with Gasteiger partial charge in [0.15, 0.2) is 0 Å². The van der Waals surface area contributed by atoms with Crippen molar-refractivity contribution < 1.29 is 4.74 Å². The van der Waals surface area contributed by atoms with Gasteiger partial charge in [-0.3, -0.25) is 5.10 Å². The second-order valence-corrected chi connectivity index (χ2v) is 4.75. The van der Waals surface area contributed by atoms with E-state index in [-0.39, 0.29) is 6.10 Å². The summed E-state index contributed by atoms with van der Waals surface area (Å²) in [6.45, 7) is 2.24. The first-order chi connectivity index (χ1) is 9.92. The topological polar surface area (TPSA) is 82.7 Å². The SMILES string of the molecule is c1cc(C2CN(c3ncnc4[nH]ccc34)CCO2)[nH]n1. The van der Waals surface area contributed by atoms with E-state index in [2.05, 4.69) is 30.0 Å². The van der Waals surface area contributed by atoms with E-state index in [0.29, 0.717) is 6.61 Å². The molecule has 3 aromatic heterocycles. The summed E-state index contributed by atoms with van der Waals surface area (Å²) < 4.78 is 5.80. The van der Waals surface area contributed by atoms with Crippen molar-refractivity contribution in [2.75, 3.05) is 24.6 Å². The van der Waals surface area contributed by atoms with Crippen molar-refractivity contribution in [1.82, 2.24) is 25.1 Å². The first-order valence-electron chi connectivity index (χ1n) is 6.56. The molecule has 0 aliphatic carbocycles. The molecular weight excluding hydrogens is 256 g/mol. The molecule has 1 aliphatic rings. The molecule has 1 fully saturated rings. The Hall–Kier alpha value is -2.41. The summed E-state index contributed by atoms with van der Waals surface area (Å²) in [6, 6.07) is 3.95. The molecule has 0 spiro atoms. The maximum Gasteiger partial charge on any atom is 0.142 e. The molecule has 4 heterocycles. The molecule has 0 bridgehead atoms. The smallest absolute Gasteiger partial charge is 0.142 e. The van der Waals surface area contributed by atoms with Crippen LogP contribution in [0, 0.1) is 0 Å². The van der Waals surface area contributed by atoms with Gasteiger partial charge in [-0.15, -0.1) is 0 Å². The Kier molecular flexibility index (Phi) is 2.63. The average Bonchev–Trinajstić information content (AvgIpc) is 3.18. The Morgan fingerprint density at radius 3 is 3.20 bits per heavy atom. The van der Waals surface area contributed by atoms with Crippen LogP contribution in [0.1, 0.15) is 11.8 Å². The van der Waals surface area contributed by atoms with Gasteiger partial charge in [0.25, 0.3) is 0 Å². The molecule has 0 amide bonds. The molecule has 4 rings (SSSR count). The van der Waals surface area contributed by atoms with Gasteiger partial charge in [-0.2, -0.15) is 5.10 Å². The normalized spacial score (nSPS) is 19.6. The van der Waals surface area contributed by atoms with Crippen molar-refractivity contribution in [3.8, 4) is 0 Å². The molecule has 7 nitrogen and oxygen atoms in total. The molecule has 20 heavy (non-hydrogen) atoms. The van der Waals surface area contributed by atoms with Crippen molar-refractivity contribution in [1.29, 1.82) is 0 Å². The van der Waals surface area contributed by atoms with Gasteiger partial charge in [-0.25, -0.2) is 9.97 Å². The van der Waals surface area contributed by atoms with E-state index in [1.807, 2.05) is 18.3 Å². The number of aromatic nitrogens is 5. The zero-order chi connectivity index (χ0) is 13.4. The summed E-state index contributed by atoms with van der Waals surface area (Å²) in [5, 5.41) is 7.99. The summed E-state index contributed by atoms with van der Waals surface area (Å²) >= 11 is 0. The highest BCUT2D eigenvalue weighted by Crippen LogP contribution is 2.27. The van der Waals surface area contributed by atoms with E-state index in [9.17, 15) is 0 Å². The molecule has 7 heteroatoms. The van der Waals surface area contributed by atoms with Gasteiger partial charge < -0.3 is 14.6 Å². The molecule has 3 aromatic rings. The van der Waals surface area contributed by atoms with Crippen LogP contribution in [-0.4, -0.2) is 44.8 Å². The van der Waals surface area contributed by atoms with Crippen molar-refractivity contribution in [3.05, 3.63) is 36.5 Å². The summed E-state index contributed by atoms with van der Waals surface area (Å²) in [6.07, 6.45) is 5.21. The number of H-pyrrole nitrogens is 2. The molecule has 102 valence electrons. The minimum absolute atomic E-state index is 0.00444. The van der Waals surface area contributed by atoms with Crippen LogP contribution in [0.2, 0.25) is 0 Å². The summed E-state index contributed by atoms with van der Waals surface area (Å²) in [5.41, 5.74) is 1.86. The molecule has 1 saturated heterocycles.